The van der Waals surface area contributed by atoms with Gasteiger partial charge in [-0.05, 0) is 13.8 Å². The summed E-state index contributed by atoms with van der Waals surface area (Å²) < 4.78 is 0. The number of anilines is 1. The number of rotatable bonds is 4. The number of nitro groups is 1. The van der Waals surface area contributed by atoms with Crippen molar-refractivity contribution < 1.29 is 10.0 Å². The summed E-state index contributed by atoms with van der Waals surface area (Å²) in [6.07, 6.45) is 2.46. The van der Waals surface area contributed by atoms with Crippen LogP contribution in [0.4, 0.5) is 11.6 Å². The molecule has 0 unspecified atom stereocenters. The summed E-state index contributed by atoms with van der Waals surface area (Å²) in [4.78, 5) is 22.3. The van der Waals surface area contributed by atoms with E-state index in [4.69, 9.17) is 0 Å². The molecule has 20 heavy (non-hydrogen) atoms. The zero-order chi connectivity index (χ0) is 14.8. The van der Waals surface area contributed by atoms with E-state index in [2.05, 4.69) is 14.9 Å². The first-order valence-corrected chi connectivity index (χ1v) is 6.51. The smallest absolute Gasteiger partial charge is 0.305 e. The second-order valence-corrected chi connectivity index (χ2v) is 5.57. The fourth-order valence-electron chi connectivity index (χ4n) is 2.23. The van der Waals surface area contributed by atoms with Crippen molar-refractivity contribution >= 4 is 11.6 Å². The predicted octanol–water partition coefficient (Wildman–Crippen LogP) is 0.278. The van der Waals surface area contributed by atoms with Crippen molar-refractivity contribution in [1.82, 2.24) is 14.9 Å². The first-order valence-electron chi connectivity index (χ1n) is 6.51. The molecule has 2 rings (SSSR count). The van der Waals surface area contributed by atoms with Crippen LogP contribution in [0, 0.1) is 10.1 Å². The van der Waals surface area contributed by atoms with Gasteiger partial charge in [0.25, 0.3) is 0 Å². The van der Waals surface area contributed by atoms with Crippen LogP contribution < -0.4 is 4.90 Å². The quantitative estimate of drug-likeness (QED) is 0.625. The van der Waals surface area contributed by atoms with Gasteiger partial charge in [0, 0.05) is 32.7 Å². The van der Waals surface area contributed by atoms with Gasteiger partial charge in [-0.2, -0.15) is 0 Å². The molecule has 0 atom stereocenters. The Kier molecular flexibility index (Phi) is 4.15. The molecule has 0 spiro atoms. The number of aromatic nitrogens is 2. The Balaban J connectivity index is 1.92. The third-order valence-corrected chi connectivity index (χ3v) is 3.10. The molecule has 0 aromatic carbocycles. The van der Waals surface area contributed by atoms with Crippen LogP contribution in [0.1, 0.15) is 13.8 Å². The summed E-state index contributed by atoms with van der Waals surface area (Å²) in [5.41, 5.74) is -0.805. The Bertz CT molecular complexity index is 463. The molecular formula is C12H19N5O3. The lowest BCUT2D eigenvalue weighted by Gasteiger charge is -2.37. The summed E-state index contributed by atoms with van der Waals surface area (Å²) in [6, 6.07) is 0. The van der Waals surface area contributed by atoms with Crippen molar-refractivity contribution in [2.24, 2.45) is 0 Å². The van der Waals surface area contributed by atoms with E-state index in [1.165, 1.54) is 12.4 Å². The molecule has 1 fully saturated rings. The molecule has 0 radical (unpaired) electrons. The monoisotopic (exact) mass is 281 g/mol. The Morgan fingerprint density at radius 2 is 1.85 bits per heavy atom. The highest BCUT2D eigenvalue weighted by atomic mass is 16.6. The van der Waals surface area contributed by atoms with Gasteiger partial charge >= 0.3 is 5.69 Å². The number of piperazine rings is 1. The Hall–Kier alpha value is -1.80. The first kappa shape index (κ1) is 14.6. The van der Waals surface area contributed by atoms with Crippen LogP contribution in [0.25, 0.3) is 0 Å². The van der Waals surface area contributed by atoms with E-state index in [-0.39, 0.29) is 5.69 Å². The highest BCUT2D eigenvalue weighted by Crippen LogP contribution is 2.15. The van der Waals surface area contributed by atoms with Crippen LogP contribution in [0.5, 0.6) is 0 Å². The van der Waals surface area contributed by atoms with Crippen molar-refractivity contribution in [3.05, 3.63) is 22.5 Å². The molecule has 0 aliphatic carbocycles. The first-order chi connectivity index (χ1) is 9.35. The lowest BCUT2D eigenvalue weighted by molar-refractivity contribution is -0.385. The van der Waals surface area contributed by atoms with Gasteiger partial charge < -0.3 is 10.0 Å². The van der Waals surface area contributed by atoms with Crippen LogP contribution in [0.2, 0.25) is 0 Å². The SMILES string of the molecule is CC(C)(O)CN1CCN(c2ncc([N+](=O)[O-])cn2)CC1. The molecule has 8 heteroatoms. The maximum Gasteiger partial charge on any atom is 0.305 e. The molecule has 2 heterocycles. The normalized spacial score (nSPS) is 17.2. The third kappa shape index (κ3) is 3.84. The van der Waals surface area contributed by atoms with E-state index < -0.39 is 10.5 Å². The fraction of sp³-hybridized carbons (Fsp3) is 0.667. The third-order valence-electron chi connectivity index (χ3n) is 3.10. The van der Waals surface area contributed by atoms with E-state index in [0.29, 0.717) is 12.5 Å². The van der Waals surface area contributed by atoms with Gasteiger partial charge in [-0.3, -0.25) is 15.0 Å². The molecule has 1 aliphatic rings. The minimum atomic E-state index is -0.702. The van der Waals surface area contributed by atoms with Crippen LogP contribution in [0.15, 0.2) is 12.4 Å². The Morgan fingerprint density at radius 1 is 1.30 bits per heavy atom. The van der Waals surface area contributed by atoms with Crippen molar-refractivity contribution in [2.75, 3.05) is 37.6 Å². The molecule has 0 amide bonds. The Labute approximate surface area is 117 Å². The minimum absolute atomic E-state index is 0.102. The molecule has 1 aromatic heterocycles. The van der Waals surface area contributed by atoms with Crippen molar-refractivity contribution in [3.8, 4) is 0 Å². The number of hydrogen-bond donors (Lipinski definition) is 1. The van der Waals surface area contributed by atoms with E-state index in [1.807, 2.05) is 4.90 Å². The summed E-state index contributed by atoms with van der Waals surface area (Å²) in [6.45, 7) is 7.32. The Morgan fingerprint density at radius 3 is 2.30 bits per heavy atom. The van der Waals surface area contributed by atoms with Gasteiger partial charge in [0.2, 0.25) is 5.95 Å². The maximum absolute atomic E-state index is 10.5. The van der Waals surface area contributed by atoms with Crippen molar-refractivity contribution in [2.45, 2.75) is 19.4 Å². The second kappa shape index (κ2) is 5.68. The summed E-state index contributed by atoms with van der Waals surface area (Å²) in [5.74, 6) is 0.513. The van der Waals surface area contributed by atoms with E-state index in [0.717, 1.165) is 26.2 Å². The molecule has 8 nitrogen and oxygen atoms in total. The largest absolute Gasteiger partial charge is 0.389 e. The number of nitrogens with zero attached hydrogens (tertiary/aromatic N) is 5. The van der Waals surface area contributed by atoms with Gasteiger partial charge in [0.1, 0.15) is 12.4 Å². The predicted molar refractivity (Wildman–Crippen MR) is 73.6 cm³/mol. The van der Waals surface area contributed by atoms with Gasteiger partial charge in [0.05, 0.1) is 10.5 Å². The van der Waals surface area contributed by atoms with Crippen LogP contribution >= 0.6 is 0 Å². The van der Waals surface area contributed by atoms with Gasteiger partial charge in [-0.15, -0.1) is 0 Å². The van der Waals surface area contributed by atoms with E-state index >= 15 is 0 Å². The molecule has 0 saturated carbocycles. The van der Waals surface area contributed by atoms with Gasteiger partial charge in [-0.25, -0.2) is 9.97 Å². The standard InChI is InChI=1S/C12H19N5O3/c1-12(2,18)9-15-3-5-16(6-4-15)11-13-7-10(8-14-11)17(19)20/h7-8,18H,3-6,9H2,1-2H3. The zero-order valence-corrected chi connectivity index (χ0v) is 11.7. The highest BCUT2D eigenvalue weighted by Gasteiger charge is 2.24. The summed E-state index contributed by atoms with van der Waals surface area (Å²) in [7, 11) is 0. The molecule has 1 N–H and O–H groups in total. The van der Waals surface area contributed by atoms with Crippen LogP contribution in [-0.2, 0) is 0 Å². The lowest BCUT2D eigenvalue weighted by Crippen LogP contribution is -2.50. The molecule has 1 aliphatic heterocycles. The van der Waals surface area contributed by atoms with E-state index in [1.54, 1.807) is 13.8 Å². The van der Waals surface area contributed by atoms with E-state index in [9.17, 15) is 15.2 Å². The highest BCUT2D eigenvalue weighted by molar-refractivity contribution is 5.34. The topological polar surface area (TPSA) is 95.6 Å². The van der Waals surface area contributed by atoms with Gasteiger partial charge in [0.15, 0.2) is 0 Å². The number of β-amino-alcohol motifs (C(OH)–C–C–N with tert-alkyl or cyclic N) is 1. The molecule has 1 saturated heterocycles. The average molecular weight is 281 g/mol. The maximum atomic E-state index is 10.5. The van der Waals surface area contributed by atoms with Crippen LogP contribution in [-0.4, -0.2) is 63.2 Å². The second-order valence-electron chi connectivity index (χ2n) is 5.57. The zero-order valence-electron chi connectivity index (χ0n) is 11.7. The summed E-state index contributed by atoms with van der Waals surface area (Å²) >= 11 is 0. The minimum Gasteiger partial charge on any atom is -0.389 e. The fourth-order valence-corrected chi connectivity index (χ4v) is 2.23. The van der Waals surface area contributed by atoms with Crippen LogP contribution in [0.3, 0.4) is 0 Å². The van der Waals surface area contributed by atoms with Gasteiger partial charge in [-0.1, -0.05) is 0 Å². The number of aliphatic hydroxyl groups is 1. The van der Waals surface area contributed by atoms with Crippen molar-refractivity contribution in [1.29, 1.82) is 0 Å². The lowest BCUT2D eigenvalue weighted by atomic mass is 10.1. The molecule has 0 bridgehead atoms. The average Bonchev–Trinajstić information content (AvgIpc) is 2.38. The molecule has 110 valence electrons. The summed E-state index contributed by atoms with van der Waals surface area (Å²) in [5, 5.41) is 20.3. The molecule has 1 aromatic rings. The molecular weight excluding hydrogens is 262 g/mol. The van der Waals surface area contributed by atoms with Crippen molar-refractivity contribution in [3.63, 3.8) is 0 Å². The number of hydrogen-bond acceptors (Lipinski definition) is 7.